The Balaban J connectivity index is 1.39. The Hall–Kier alpha value is -4.01. The van der Waals surface area contributed by atoms with Crippen LogP contribution >= 0.6 is 0 Å². The number of methoxy groups -OCH3 is 1. The van der Waals surface area contributed by atoms with E-state index in [1.807, 2.05) is 36.4 Å². The molecule has 32 heavy (non-hydrogen) atoms. The summed E-state index contributed by atoms with van der Waals surface area (Å²) in [5.41, 5.74) is 2.55. The third-order valence-corrected chi connectivity index (χ3v) is 5.58. The highest BCUT2D eigenvalue weighted by molar-refractivity contribution is 5.95. The minimum atomic E-state index is -0.460. The number of carbonyl (C=O) groups is 1. The fourth-order valence-corrected chi connectivity index (χ4v) is 3.67. The number of nitrogens with zero attached hydrogens (tertiary/aromatic N) is 5. The molecule has 1 amide bonds. The molecule has 2 aromatic carbocycles. The van der Waals surface area contributed by atoms with Crippen molar-refractivity contribution in [2.75, 3.05) is 38.2 Å². The van der Waals surface area contributed by atoms with Gasteiger partial charge in [-0.1, -0.05) is 6.07 Å². The summed E-state index contributed by atoms with van der Waals surface area (Å²) in [7, 11) is 1.63. The molecule has 0 saturated carbocycles. The fourth-order valence-electron chi connectivity index (χ4n) is 3.67. The van der Waals surface area contributed by atoms with Crippen molar-refractivity contribution in [2.24, 2.45) is 0 Å². The van der Waals surface area contributed by atoms with Gasteiger partial charge in [0, 0.05) is 48.9 Å². The standard InChI is InChI=1S/C23H23N5O4/c1-16-3-4-18(15-21(16)28(30)31)23(29)27-13-11-26(12-14-27)22-10-9-20(24-25-22)17-5-7-19(32-2)8-6-17/h3-10,15H,11-14H2,1-2H3. The van der Waals surface area contributed by atoms with E-state index in [9.17, 15) is 14.9 Å². The minimum Gasteiger partial charge on any atom is -0.497 e. The van der Waals surface area contributed by atoms with E-state index in [1.54, 1.807) is 31.1 Å². The van der Waals surface area contributed by atoms with E-state index >= 15 is 0 Å². The Kier molecular flexibility index (Phi) is 5.98. The van der Waals surface area contributed by atoms with Crippen LogP contribution in [0.1, 0.15) is 15.9 Å². The molecule has 9 nitrogen and oxygen atoms in total. The number of nitro benzene ring substituents is 1. The number of amides is 1. The van der Waals surface area contributed by atoms with Crippen LogP contribution in [0, 0.1) is 17.0 Å². The summed E-state index contributed by atoms with van der Waals surface area (Å²) in [6.07, 6.45) is 0. The van der Waals surface area contributed by atoms with Gasteiger partial charge < -0.3 is 14.5 Å². The van der Waals surface area contributed by atoms with Crippen molar-refractivity contribution in [3.05, 3.63) is 75.8 Å². The predicted octanol–water partition coefficient (Wildman–Crippen LogP) is 3.33. The zero-order chi connectivity index (χ0) is 22.7. The van der Waals surface area contributed by atoms with Gasteiger partial charge in [0.15, 0.2) is 5.82 Å². The highest BCUT2D eigenvalue weighted by atomic mass is 16.6. The molecule has 2 heterocycles. The predicted molar refractivity (Wildman–Crippen MR) is 120 cm³/mol. The molecular weight excluding hydrogens is 410 g/mol. The maximum absolute atomic E-state index is 12.8. The first-order chi connectivity index (χ1) is 15.5. The van der Waals surface area contributed by atoms with E-state index < -0.39 is 4.92 Å². The molecule has 0 atom stereocenters. The second-order valence-corrected chi connectivity index (χ2v) is 7.54. The topological polar surface area (TPSA) is 102 Å². The number of ether oxygens (including phenoxy) is 1. The molecule has 0 unspecified atom stereocenters. The molecule has 4 rings (SSSR count). The molecular formula is C23H23N5O4. The number of aromatic nitrogens is 2. The first-order valence-corrected chi connectivity index (χ1v) is 10.2. The van der Waals surface area contributed by atoms with Gasteiger partial charge in [-0.05, 0) is 49.4 Å². The van der Waals surface area contributed by atoms with Gasteiger partial charge in [0.2, 0.25) is 0 Å². The van der Waals surface area contributed by atoms with Crippen LogP contribution in [-0.4, -0.2) is 59.2 Å². The van der Waals surface area contributed by atoms with E-state index in [2.05, 4.69) is 15.1 Å². The Morgan fingerprint density at radius 1 is 1.00 bits per heavy atom. The molecule has 0 spiro atoms. The first-order valence-electron chi connectivity index (χ1n) is 10.2. The average Bonchev–Trinajstić information content (AvgIpc) is 2.84. The SMILES string of the molecule is COc1ccc(-c2ccc(N3CCN(C(=O)c4ccc(C)c([N+](=O)[O-])c4)CC3)nn2)cc1. The summed E-state index contributed by atoms with van der Waals surface area (Å²) < 4.78 is 5.18. The highest BCUT2D eigenvalue weighted by Gasteiger charge is 2.24. The minimum absolute atomic E-state index is 0.0401. The number of anilines is 1. The summed E-state index contributed by atoms with van der Waals surface area (Å²) in [5.74, 6) is 1.33. The molecule has 164 valence electrons. The van der Waals surface area contributed by atoms with Crippen molar-refractivity contribution >= 4 is 17.4 Å². The lowest BCUT2D eigenvalue weighted by Crippen LogP contribution is -2.49. The quantitative estimate of drug-likeness (QED) is 0.449. The van der Waals surface area contributed by atoms with Gasteiger partial charge in [0.25, 0.3) is 11.6 Å². The average molecular weight is 433 g/mol. The summed E-state index contributed by atoms with van der Waals surface area (Å²) in [6.45, 7) is 3.88. The summed E-state index contributed by atoms with van der Waals surface area (Å²) in [5, 5.41) is 19.9. The second kappa shape index (κ2) is 9.01. The lowest BCUT2D eigenvalue weighted by atomic mass is 10.1. The van der Waals surface area contributed by atoms with Crippen LogP contribution in [0.3, 0.4) is 0 Å². The fraction of sp³-hybridized carbons (Fsp3) is 0.261. The Morgan fingerprint density at radius 2 is 1.72 bits per heavy atom. The van der Waals surface area contributed by atoms with E-state index in [4.69, 9.17) is 4.74 Å². The number of piperazine rings is 1. The van der Waals surface area contributed by atoms with Gasteiger partial charge in [0.05, 0.1) is 17.7 Å². The van der Waals surface area contributed by atoms with Crippen molar-refractivity contribution in [1.29, 1.82) is 0 Å². The van der Waals surface area contributed by atoms with Gasteiger partial charge in [-0.2, -0.15) is 0 Å². The molecule has 1 fully saturated rings. The molecule has 1 aliphatic heterocycles. The van der Waals surface area contributed by atoms with Gasteiger partial charge in [-0.3, -0.25) is 14.9 Å². The Morgan fingerprint density at radius 3 is 2.31 bits per heavy atom. The van der Waals surface area contributed by atoms with Crippen molar-refractivity contribution in [1.82, 2.24) is 15.1 Å². The zero-order valence-corrected chi connectivity index (χ0v) is 17.9. The summed E-state index contributed by atoms with van der Waals surface area (Å²) >= 11 is 0. The molecule has 0 bridgehead atoms. The van der Waals surface area contributed by atoms with Crippen LogP contribution in [0.25, 0.3) is 11.3 Å². The second-order valence-electron chi connectivity index (χ2n) is 7.54. The Bertz CT molecular complexity index is 1120. The van der Waals surface area contributed by atoms with Crippen LogP contribution < -0.4 is 9.64 Å². The number of nitro groups is 1. The van der Waals surface area contributed by atoms with E-state index in [-0.39, 0.29) is 11.6 Å². The smallest absolute Gasteiger partial charge is 0.273 e. The molecule has 0 radical (unpaired) electrons. The molecule has 0 N–H and O–H groups in total. The number of hydrogen-bond donors (Lipinski definition) is 0. The molecule has 1 saturated heterocycles. The van der Waals surface area contributed by atoms with Crippen molar-refractivity contribution in [2.45, 2.75) is 6.92 Å². The lowest BCUT2D eigenvalue weighted by molar-refractivity contribution is -0.385. The number of carbonyl (C=O) groups excluding carboxylic acids is 1. The van der Waals surface area contributed by atoms with Gasteiger partial charge in [-0.15, -0.1) is 10.2 Å². The Labute approximate surface area is 185 Å². The van der Waals surface area contributed by atoms with Crippen molar-refractivity contribution < 1.29 is 14.5 Å². The van der Waals surface area contributed by atoms with Gasteiger partial charge in [-0.25, -0.2) is 0 Å². The van der Waals surface area contributed by atoms with Crippen LogP contribution in [0.15, 0.2) is 54.6 Å². The largest absolute Gasteiger partial charge is 0.497 e. The first kappa shape index (κ1) is 21.2. The van der Waals surface area contributed by atoms with Crippen molar-refractivity contribution in [3.8, 4) is 17.0 Å². The zero-order valence-electron chi connectivity index (χ0n) is 17.9. The summed E-state index contributed by atoms with van der Waals surface area (Å²) in [4.78, 5) is 27.3. The van der Waals surface area contributed by atoms with Gasteiger partial charge >= 0.3 is 0 Å². The number of hydrogen-bond acceptors (Lipinski definition) is 7. The summed E-state index contributed by atoms with van der Waals surface area (Å²) in [6, 6.07) is 16.1. The number of benzene rings is 2. The normalized spacial score (nSPS) is 13.7. The molecule has 3 aromatic rings. The van der Waals surface area contributed by atoms with Crippen LogP contribution in [0.5, 0.6) is 5.75 Å². The lowest BCUT2D eigenvalue weighted by Gasteiger charge is -2.35. The molecule has 0 aliphatic carbocycles. The maximum atomic E-state index is 12.8. The van der Waals surface area contributed by atoms with E-state index in [1.165, 1.54) is 6.07 Å². The van der Waals surface area contributed by atoms with Crippen LogP contribution in [0.2, 0.25) is 0 Å². The highest BCUT2D eigenvalue weighted by Crippen LogP contribution is 2.23. The monoisotopic (exact) mass is 433 g/mol. The third-order valence-electron chi connectivity index (χ3n) is 5.58. The van der Waals surface area contributed by atoms with Crippen LogP contribution in [0.4, 0.5) is 11.5 Å². The van der Waals surface area contributed by atoms with Crippen molar-refractivity contribution in [3.63, 3.8) is 0 Å². The molecule has 1 aliphatic rings. The number of rotatable bonds is 5. The molecule has 1 aromatic heterocycles. The maximum Gasteiger partial charge on any atom is 0.273 e. The van der Waals surface area contributed by atoms with Crippen LogP contribution in [-0.2, 0) is 0 Å². The van der Waals surface area contributed by atoms with Gasteiger partial charge in [0.1, 0.15) is 5.75 Å². The number of aryl methyl sites for hydroxylation is 1. The molecule has 9 heteroatoms. The third kappa shape index (κ3) is 4.36. The van der Waals surface area contributed by atoms with E-state index in [0.717, 1.165) is 22.8 Å². The van der Waals surface area contributed by atoms with E-state index in [0.29, 0.717) is 37.3 Å².